The van der Waals surface area contributed by atoms with E-state index >= 15 is 0 Å². The number of anilines is 1. The Morgan fingerprint density at radius 1 is 1.55 bits per heavy atom. The largest absolute Gasteiger partial charge is 0.495 e. The average molecular weight is 296 g/mol. The molecule has 1 saturated heterocycles. The van der Waals surface area contributed by atoms with Gasteiger partial charge < -0.3 is 15.4 Å². The number of hydrogen-bond donors (Lipinski definition) is 2. The minimum absolute atomic E-state index is 0.0954. The Kier molecular flexibility index (Phi) is 3.79. The zero-order valence-corrected chi connectivity index (χ0v) is 12.2. The van der Waals surface area contributed by atoms with E-state index in [4.69, 9.17) is 10.00 Å². The molecular formula is C16H16N4O2. The molecular weight excluding hydrogens is 280 g/mol. The first-order valence-electron chi connectivity index (χ1n) is 7.11. The van der Waals surface area contributed by atoms with Gasteiger partial charge >= 0.3 is 0 Å². The van der Waals surface area contributed by atoms with Crippen molar-refractivity contribution in [1.29, 1.82) is 5.26 Å². The lowest BCUT2D eigenvalue weighted by molar-refractivity contribution is -0.119. The van der Waals surface area contributed by atoms with Crippen LogP contribution in [-0.2, 0) is 4.79 Å². The van der Waals surface area contributed by atoms with Gasteiger partial charge in [-0.05, 0) is 30.0 Å². The molecule has 6 nitrogen and oxygen atoms in total. The van der Waals surface area contributed by atoms with Crippen LogP contribution in [0.5, 0.6) is 5.75 Å². The van der Waals surface area contributed by atoms with Gasteiger partial charge in [-0.25, -0.2) is 4.98 Å². The summed E-state index contributed by atoms with van der Waals surface area (Å²) in [5, 5.41) is 17.2. The molecule has 1 atom stereocenters. The van der Waals surface area contributed by atoms with Crippen molar-refractivity contribution in [3.8, 4) is 11.8 Å². The van der Waals surface area contributed by atoms with Gasteiger partial charge in [-0.1, -0.05) is 0 Å². The standard InChI is InChI=1S/C16H16N4O2/c1-22-14-7-13-10(6-11(14)8-17)4-5-18-16(13)19-9-12-2-3-15(21)20-12/h4-7,12H,2-3,9H2,1H3,(H,18,19)(H,20,21)/t12-/m0/s1. The van der Waals surface area contributed by atoms with Crippen molar-refractivity contribution in [1.82, 2.24) is 10.3 Å². The molecule has 1 aromatic carbocycles. The molecule has 1 amide bonds. The minimum Gasteiger partial charge on any atom is -0.495 e. The van der Waals surface area contributed by atoms with Crippen LogP contribution in [0.2, 0.25) is 0 Å². The van der Waals surface area contributed by atoms with Crippen LogP contribution in [0.15, 0.2) is 24.4 Å². The number of rotatable bonds is 4. The smallest absolute Gasteiger partial charge is 0.220 e. The zero-order valence-electron chi connectivity index (χ0n) is 12.2. The van der Waals surface area contributed by atoms with Crippen LogP contribution in [0.1, 0.15) is 18.4 Å². The number of carbonyl (C=O) groups is 1. The van der Waals surface area contributed by atoms with E-state index in [9.17, 15) is 4.79 Å². The van der Waals surface area contributed by atoms with Gasteiger partial charge in [0.2, 0.25) is 5.91 Å². The Labute approximate surface area is 128 Å². The minimum atomic E-state index is 0.0954. The molecule has 0 aliphatic carbocycles. The lowest BCUT2D eigenvalue weighted by Gasteiger charge is -2.14. The van der Waals surface area contributed by atoms with Crippen molar-refractivity contribution in [2.24, 2.45) is 0 Å². The monoisotopic (exact) mass is 296 g/mol. The van der Waals surface area contributed by atoms with Crippen LogP contribution in [-0.4, -0.2) is 30.6 Å². The third-order valence-electron chi connectivity index (χ3n) is 3.81. The van der Waals surface area contributed by atoms with E-state index in [1.54, 1.807) is 19.4 Å². The van der Waals surface area contributed by atoms with Crippen LogP contribution in [0.4, 0.5) is 5.82 Å². The highest BCUT2D eigenvalue weighted by Crippen LogP contribution is 2.29. The molecule has 0 spiro atoms. The lowest BCUT2D eigenvalue weighted by atomic mass is 10.1. The predicted molar refractivity (Wildman–Crippen MR) is 82.7 cm³/mol. The molecule has 3 rings (SSSR count). The van der Waals surface area contributed by atoms with Gasteiger partial charge in [0.15, 0.2) is 0 Å². The Bertz CT molecular complexity index is 767. The SMILES string of the molecule is COc1cc2c(NC[C@@H]3CCC(=O)N3)nccc2cc1C#N. The first kappa shape index (κ1) is 14.1. The second-order valence-corrected chi connectivity index (χ2v) is 5.23. The van der Waals surface area contributed by atoms with Crippen LogP contribution in [0.3, 0.4) is 0 Å². The summed E-state index contributed by atoms with van der Waals surface area (Å²) in [4.78, 5) is 15.6. The first-order chi connectivity index (χ1) is 10.7. The number of nitrogens with zero attached hydrogens (tertiary/aromatic N) is 2. The number of nitrogens with one attached hydrogen (secondary N) is 2. The molecule has 22 heavy (non-hydrogen) atoms. The van der Waals surface area contributed by atoms with E-state index in [1.807, 2.05) is 12.1 Å². The predicted octanol–water partition coefficient (Wildman–Crippen LogP) is 1.81. The fourth-order valence-electron chi connectivity index (χ4n) is 2.65. The summed E-state index contributed by atoms with van der Waals surface area (Å²) in [6, 6.07) is 7.72. The van der Waals surface area contributed by atoms with E-state index in [-0.39, 0.29) is 11.9 Å². The summed E-state index contributed by atoms with van der Waals surface area (Å²) >= 11 is 0. The average Bonchev–Trinajstić information content (AvgIpc) is 2.96. The fourth-order valence-corrected chi connectivity index (χ4v) is 2.65. The number of amides is 1. The molecule has 0 unspecified atom stereocenters. The Morgan fingerprint density at radius 3 is 3.09 bits per heavy atom. The normalized spacial score (nSPS) is 17.1. The van der Waals surface area contributed by atoms with Gasteiger partial charge in [0.05, 0.1) is 12.7 Å². The summed E-state index contributed by atoms with van der Waals surface area (Å²) in [7, 11) is 1.54. The number of methoxy groups -OCH3 is 1. The molecule has 1 aliphatic heterocycles. The van der Waals surface area contributed by atoms with E-state index in [1.165, 1.54) is 0 Å². The van der Waals surface area contributed by atoms with Gasteiger partial charge in [-0.2, -0.15) is 5.26 Å². The summed E-state index contributed by atoms with van der Waals surface area (Å²) in [6.07, 6.45) is 3.11. The fraction of sp³-hybridized carbons (Fsp3) is 0.312. The second-order valence-electron chi connectivity index (χ2n) is 5.23. The molecule has 112 valence electrons. The molecule has 1 aromatic heterocycles. The third-order valence-corrected chi connectivity index (χ3v) is 3.81. The number of nitriles is 1. The highest BCUT2D eigenvalue weighted by atomic mass is 16.5. The molecule has 0 bridgehead atoms. The van der Waals surface area contributed by atoms with Gasteiger partial charge in [0, 0.05) is 30.6 Å². The number of ether oxygens (including phenoxy) is 1. The summed E-state index contributed by atoms with van der Waals surface area (Å²) < 4.78 is 5.26. The molecule has 2 aromatic rings. The van der Waals surface area contributed by atoms with Crippen molar-refractivity contribution in [2.75, 3.05) is 19.0 Å². The van der Waals surface area contributed by atoms with Gasteiger partial charge in [0.1, 0.15) is 17.6 Å². The zero-order chi connectivity index (χ0) is 15.5. The lowest BCUT2D eigenvalue weighted by Crippen LogP contribution is -2.32. The third kappa shape index (κ3) is 2.66. The first-order valence-corrected chi connectivity index (χ1v) is 7.11. The van der Waals surface area contributed by atoms with Crippen molar-refractivity contribution in [2.45, 2.75) is 18.9 Å². The molecule has 2 N–H and O–H groups in total. The maximum absolute atomic E-state index is 11.2. The maximum Gasteiger partial charge on any atom is 0.220 e. The van der Waals surface area contributed by atoms with Crippen molar-refractivity contribution < 1.29 is 9.53 Å². The Morgan fingerprint density at radius 2 is 2.41 bits per heavy atom. The number of fused-ring (bicyclic) bond motifs is 1. The molecule has 1 fully saturated rings. The second kappa shape index (κ2) is 5.90. The van der Waals surface area contributed by atoms with Crippen LogP contribution >= 0.6 is 0 Å². The highest BCUT2D eigenvalue weighted by molar-refractivity contribution is 5.94. The molecule has 6 heteroatoms. The molecule has 0 saturated carbocycles. The van der Waals surface area contributed by atoms with Gasteiger partial charge in [-0.3, -0.25) is 4.79 Å². The number of benzene rings is 1. The van der Waals surface area contributed by atoms with Crippen LogP contribution in [0, 0.1) is 11.3 Å². The van der Waals surface area contributed by atoms with Gasteiger partial charge in [0.25, 0.3) is 0 Å². The van der Waals surface area contributed by atoms with Crippen LogP contribution in [0.25, 0.3) is 10.8 Å². The summed E-state index contributed by atoms with van der Waals surface area (Å²) in [5.74, 6) is 1.35. The van der Waals surface area contributed by atoms with Gasteiger partial charge in [-0.15, -0.1) is 0 Å². The maximum atomic E-state index is 11.2. The topological polar surface area (TPSA) is 87.0 Å². The van der Waals surface area contributed by atoms with E-state index in [2.05, 4.69) is 21.7 Å². The number of hydrogen-bond acceptors (Lipinski definition) is 5. The quantitative estimate of drug-likeness (QED) is 0.898. The Hall–Kier alpha value is -2.81. The molecule has 2 heterocycles. The van der Waals surface area contributed by atoms with Crippen LogP contribution < -0.4 is 15.4 Å². The molecule has 0 radical (unpaired) electrons. The van der Waals surface area contributed by atoms with E-state index in [0.29, 0.717) is 24.3 Å². The highest BCUT2D eigenvalue weighted by Gasteiger charge is 2.20. The summed E-state index contributed by atoms with van der Waals surface area (Å²) in [6.45, 7) is 0.625. The number of pyridine rings is 1. The number of carbonyl (C=O) groups excluding carboxylic acids is 1. The Balaban J connectivity index is 1.89. The summed E-state index contributed by atoms with van der Waals surface area (Å²) in [5.41, 5.74) is 0.496. The van der Waals surface area contributed by atoms with E-state index < -0.39 is 0 Å². The van der Waals surface area contributed by atoms with Crippen molar-refractivity contribution in [3.63, 3.8) is 0 Å². The number of aromatic nitrogens is 1. The molecule has 1 aliphatic rings. The van der Waals surface area contributed by atoms with Crippen molar-refractivity contribution >= 4 is 22.5 Å². The van der Waals surface area contributed by atoms with Crippen molar-refractivity contribution in [3.05, 3.63) is 30.0 Å². The van der Waals surface area contributed by atoms with E-state index in [0.717, 1.165) is 23.0 Å².